The van der Waals surface area contributed by atoms with Crippen LogP contribution in [0, 0.1) is 5.92 Å². The monoisotopic (exact) mass is 235 g/mol. The van der Waals surface area contributed by atoms with Gasteiger partial charge in [0.2, 0.25) is 5.91 Å². The minimum absolute atomic E-state index is 0.129. The minimum Gasteiger partial charge on any atom is -0.350 e. The van der Waals surface area contributed by atoms with Crippen molar-refractivity contribution in [2.45, 2.75) is 70.3 Å². The van der Waals surface area contributed by atoms with Gasteiger partial charge in [-0.2, -0.15) is 0 Å². The number of carbonyl (C=O) groups is 1. The van der Waals surface area contributed by atoms with Crippen molar-refractivity contribution in [1.82, 2.24) is 5.32 Å². The van der Waals surface area contributed by atoms with E-state index in [2.05, 4.69) is 11.9 Å². The number of hydrogen-bond acceptors (Lipinski definition) is 1. The molecule has 0 aromatic heterocycles. The molecule has 0 saturated heterocycles. The van der Waals surface area contributed by atoms with Gasteiger partial charge in [-0.15, -0.1) is 0 Å². The lowest BCUT2D eigenvalue weighted by Gasteiger charge is -2.27. The zero-order chi connectivity index (χ0) is 12.1. The van der Waals surface area contributed by atoms with Gasteiger partial charge >= 0.3 is 0 Å². The van der Waals surface area contributed by atoms with Crippen molar-refractivity contribution in [3.05, 3.63) is 12.2 Å². The van der Waals surface area contributed by atoms with E-state index in [0.717, 1.165) is 31.3 Å². The van der Waals surface area contributed by atoms with E-state index in [1.165, 1.54) is 38.5 Å². The highest BCUT2D eigenvalue weighted by molar-refractivity contribution is 5.93. The van der Waals surface area contributed by atoms with Crippen LogP contribution in [0.2, 0.25) is 0 Å². The Morgan fingerprint density at radius 2 is 1.41 bits per heavy atom. The predicted molar refractivity (Wildman–Crippen MR) is 70.7 cm³/mol. The summed E-state index contributed by atoms with van der Waals surface area (Å²) in [6.45, 7) is 4.03. The lowest BCUT2D eigenvalue weighted by molar-refractivity contribution is -0.119. The highest BCUT2D eigenvalue weighted by Crippen LogP contribution is 2.29. The Balaban J connectivity index is 1.79. The first-order valence-electron chi connectivity index (χ1n) is 7.27. The van der Waals surface area contributed by atoms with Crippen LogP contribution in [0.3, 0.4) is 0 Å². The van der Waals surface area contributed by atoms with E-state index in [-0.39, 0.29) is 5.91 Å². The second-order valence-electron chi connectivity index (χ2n) is 5.67. The summed E-state index contributed by atoms with van der Waals surface area (Å²) in [4.78, 5) is 12.1. The van der Waals surface area contributed by atoms with Crippen LogP contribution in [-0.2, 0) is 4.79 Å². The summed E-state index contributed by atoms with van der Waals surface area (Å²) in [5.74, 6) is 0.580. The Morgan fingerprint density at radius 1 is 0.882 bits per heavy atom. The molecule has 0 unspecified atom stereocenters. The second-order valence-corrected chi connectivity index (χ2v) is 5.67. The number of nitrogens with one attached hydrogen (secondary N) is 1. The summed E-state index contributed by atoms with van der Waals surface area (Å²) < 4.78 is 0. The Kier molecular flexibility index (Phi) is 4.64. The molecule has 0 heterocycles. The van der Waals surface area contributed by atoms with E-state index >= 15 is 0 Å². The fraction of sp³-hybridized carbons (Fsp3) is 0.800. The summed E-state index contributed by atoms with van der Waals surface area (Å²) in [6, 6.07) is 0.414. The van der Waals surface area contributed by atoms with Gasteiger partial charge in [-0.25, -0.2) is 0 Å². The molecule has 17 heavy (non-hydrogen) atoms. The van der Waals surface area contributed by atoms with Gasteiger partial charge in [-0.1, -0.05) is 45.1 Å². The first kappa shape index (κ1) is 12.7. The Morgan fingerprint density at radius 3 is 2.00 bits per heavy atom. The normalized spacial score (nSPS) is 23.3. The largest absolute Gasteiger partial charge is 0.350 e. The van der Waals surface area contributed by atoms with Gasteiger partial charge in [0, 0.05) is 11.6 Å². The topological polar surface area (TPSA) is 29.1 Å². The lowest BCUT2D eigenvalue weighted by atomic mass is 9.84. The van der Waals surface area contributed by atoms with Crippen LogP contribution in [0.15, 0.2) is 12.2 Å². The Hall–Kier alpha value is -0.790. The number of rotatable bonds is 3. The van der Waals surface area contributed by atoms with E-state index < -0.39 is 0 Å². The molecule has 1 amide bonds. The average Bonchev–Trinajstić information content (AvgIpc) is 2.40. The zero-order valence-electron chi connectivity index (χ0n) is 10.8. The van der Waals surface area contributed by atoms with E-state index in [1.54, 1.807) is 0 Å². The van der Waals surface area contributed by atoms with Crippen molar-refractivity contribution in [2.24, 2.45) is 5.92 Å². The molecule has 0 aromatic rings. The Bertz CT molecular complexity index is 273. The number of hydrogen-bond donors (Lipinski definition) is 1. The summed E-state index contributed by atoms with van der Waals surface area (Å²) in [5.41, 5.74) is 0.843. The number of carbonyl (C=O) groups excluding carboxylic acids is 1. The van der Waals surface area contributed by atoms with Crippen LogP contribution in [0.4, 0.5) is 0 Å². The highest BCUT2D eigenvalue weighted by atomic mass is 16.1. The standard InChI is InChI=1S/C15H25NO/c1-12(13-8-4-2-5-9-13)15(17)16-14-10-6-3-7-11-14/h13-14H,1-11H2,(H,16,17). The van der Waals surface area contributed by atoms with Gasteiger partial charge in [0.25, 0.3) is 0 Å². The molecule has 2 aliphatic rings. The quantitative estimate of drug-likeness (QED) is 0.744. The first-order valence-corrected chi connectivity index (χ1v) is 7.27. The zero-order valence-corrected chi connectivity index (χ0v) is 10.8. The minimum atomic E-state index is 0.129. The van der Waals surface area contributed by atoms with Gasteiger partial charge in [-0.05, 0) is 31.6 Å². The maximum atomic E-state index is 12.1. The molecule has 1 N–H and O–H groups in total. The van der Waals surface area contributed by atoms with E-state index in [1.807, 2.05) is 0 Å². The summed E-state index contributed by atoms with van der Waals surface area (Å²) in [7, 11) is 0. The fourth-order valence-electron chi connectivity index (χ4n) is 3.16. The molecule has 2 nitrogen and oxygen atoms in total. The van der Waals surface area contributed by atoms with Crippen LogP contribution in [0.25, 0.3) is 0 Å². The molecule has 0 aliphatic heterocycles. The molecule has 96 valence electrons. The van der Waals surface area contributed by atoms with Crippen molar-refractivity contribution in [3.63, 3.8) is 0 Å². The second kappa shape index (κ2) is 6.23. The lowest BCUT2D eigenvalue weighted by Crippen LogP contribution is -2.38. The fourth-order valence-corrected chi connectivity index (χ4v) is 3.16. The smallest absolute Gasteiger partial charge is 0.247 e. The van der Waals surface area contributed by atoms with Crippen LogP contribution in [0.1, 0.15) is 64.2 Å². The summed E-state index contributed by atoms with van der Waals surface area (Å²) in [5, 5.41) is 3.18. The van der Waals surface area contributed by atoms with Crippen molar-refractivity contribution < 1.29 is 4.79 Å². The van der Waals surface area contributed by atoms with Crippen LogP contribution < -0.4 is 5.32 Å². The molecule has 0 spiro atoms. The summed E-state index contributed by atoms with van der Waals surface area (Å²) >= 11 is 0. The van der Waals surface area contributed by atoms with Crippen LogP contribution in [-0.4, -0.2) is 11.9 Å². The first-order chi connectivity index (χ1) is 8.27. The van der Waals surface area contributed by atoms with Crippen molar-refractivity contribution in [2.75, 3.05) is 0 Å². The van der Waals surface area contributed by atoms with Gasteiger partial charge in [0.05, 0.1) is 0 Å². The SMILES string of the molecule is C=C(C(=O)NC1CCCCC1)C1CCCCC1. The van der Waals surface area contributed by atoms with E-state index in [0.29, 0.717) is 12.0 Å². The third kappa shape index (κ3) is 3.58. The van der Waals surface area contributed by atoms with Crippen LogP contribution >= 0.6 is 0 Å². The van der Waals surface area contributed by atoms with E-state index in [4.69, 9.17) is 0 Å². The van der Waals surface area contributed by atoms with Crippen molar-refractivity contribution in [1.29, 1.82) is 0 Å². The Labute approximate surface area is 105 Å². The highest BCUT2D eigenvalue weighted by Gasteiger charge is 2.23. The molecule has 2 rings (SSSR count). The molecule has 0 bridgehead atoms. The predicted octanol–water partition coefficient (Wildman–Crippen LogP) is 3.57. The molecule has 2 aliphatic carbocycles. The van der Waals surface area contributed by atoms with Gasteiger partial charge in [-0.3, -0.25) is 4.79 Å². The van der Waals surface area contributed by atoms with E-state index in [9.17, 15) is 4.79 Å². The average molecular weight is 235 g/mol. The van der Waals surface area contributed by atoms with Crippen molar-refractivity contribution >= 4 is 5.91 Å². The maximum absolute atomic E-state index is 12.1. The molecule has 2 saturated carbocycles. The summed E-state index contributed by atoms with van der Waals surface area (Å²) in [6.07, 6.45) is 12.4. The van der Waals surface area contributed by atoms with Crippen LogP contribution in [0.5, 0.6) is 0 Å². The molecule has 2 fully saturated rings. The van der Waals surface area contributed by atoms with Gasteiger partial charge in [0.15, 0.2) is 0 Å². The van der Waals surface area contributed by atoms with Gasteiger partial charge < -0.3 is 5.32 Å². The molecule has 2 heteroatoms. The van der Waals surface area contributed by atoms with Gasteiger partial charge in [0.1, 0.15) is 0 Å². The number of amides is 1. The molecule has 0 aromatic carbocycles. The molecular formula is C15H25NO. The third-order valence-electron chi connectivity index (χ3n) is 4.33. The molecule has 0 atom stereocenters. The maximum Gasteiger partial charge on any atom is 0.247 e. The molecular weight excluding hydrogens is 210 g/mol. The third-order valence-corrected chi connectivity index (χ3v) is 4.33. The molecule has 0 radical (unpaired) electrons. The van der Waals surface area contributed by atoms with Crippen molar-refractivity contribution in [3.8, 4) is 0 Å².